The molecule has 2 unspecified atom stereocenters. The van der Waals surface area contributed by atoms with E-state index in [1.165, 1.54) is 12.8 Å². The maximum absolute atomic E-state index is 12.0. The van der Waals surface area contributed by atoms with Crippen molar-refractivity contribution in [2.24, 2.45) is 5.41 Å². The standard InChI is InChI=1S/C26H52N2O2S2/c1-25(2,3)23(29)17-15-21(31)13-9-10-14-22(32)16-18-24(30)27-19-11-7-8-12-20-28-26(4,5)6/h21-22,28,31-32H,7-20H2,1-6H3,(H,27,30). The number of hydrogen-bond acceptors (Lipinski definition) is 5. The minimum atomic E-state index is -0.247. The SMILES string of the molecule is CC(C)(C)NCCCCCCNC(=O)CCC(S)CCCCC(S)CCC(=O)C(C)(C)C. The average Bonchev–Trinajstić information content (AvgIpc) is 2.68. The number of thiol groups is 2. The third-order valence-electron chi connectivity index (χ3n) is 5.65. The lowest BCUT2D eigenvalue weighted by Gasteiger charge is -2.20. The Hall–Kier alpha value is -0.200. The van der Waals surface area contributed by atoms with Gasteiger partial charge in [-0.05, 0) is 65.8 Å². The number of rotatable bonds is 18. The first kappa shape index (κ1) is 31.8. The lowest BCUT2D eigenvalue weighted by Crippen LogP contribution is -2.36. The quantitative estimate of drug-likeness (QED) is 0.134. The minimum absolute atomic E-state index is 0.150. The van der Waals surface area contributed by atoms with Crippen molar-refractivity contribution in [3.8, 4) is 0 Å². The van der Waals surface area contributed by atoms with Gasteiger partial charge in [0.1, 0.15) is 5.78 Å². The Morgan fingerprint density at radius 2 is 1.19 bits per heavy atom. The summed E-state index contributed by atoms with van der Waals surface area (Å²) in [4.78, 5) is 24.0. The number of unbranched alkanes of at least 4 members (excludes halogenated alkanes) is 4. The van der Waals surface area contributed by atoms with Gasteiger partial charge in [-0.3, -0.25) is 9.59 Å². The van der Waals surface area contributed by atoms with Crippen LogP contribution in [0.1, 0.15) is 119 Å². The fourth-order valence-corrected chi connectivity index (χ4v) is 4.03. The topological polar surface area (TPSA) is 58.2 Å². The van der Waals surface area contributed by atoms with E-state index in [1.54, 1.807) is 0 Å². The van der Waals surface area contributed by atoms with Gasteiger partial charge in [0.05, 0.1) is 0 Å². The molecule has 1 amide bonds. The molecule has 0 aliphatic heterocycles. The molecule has 0 heterocycles. The fourth-order valence-electron chi connectivity index (χ4n) is 3.40. The molecule has 0 rings (SSSR count). The Bertz CT molecular complexity index is 513. The summed E-state index contributed by atoms with van der Waals surface area (Å²) in [5, 5.41) is 7.11. The molecule has 0 aliphatic carbocycles. The summed E-state index contributed by atoms with van der Waals surface area (Å²) in [7, 11) is 0. The van der Waals surface area contributed by atoms with Gasteiger partial charge in [0.25, 0.3) is 0 Å². The van der Waals surface area contributed by atoms with E-state index in [9.17, 15) is 9.59 Å². The summed E-state index contributed by atoms with van der Waals surface area (Å²) in [6, 6.07) is 0. The molecule has 4 nitrogen and oxygen atoms in total. The Kier molecular flexibility index (Phi) is 17.2. The number of Topliss-reactive ketones (excluding diaryl/α,β-unsaturated/α-hetero) is 1. The molecule has 2 atom stereocenters. The summed E-state index contributed by atoms with van der Waals surface area (Å²) >= 11 is 9.30. The number of amides is 1. The zero-order chi connectivity index (χ0) is 24.6. The van der Waals surface area contributed by atoms with Crippen molar-refractivity contribution < 1.29 is 9.59 Å². The van der Waals surface area contributed by atoms with E-state index in [-0.39, 0.29) is 22.1 Å². The molecule has 0 aromatic carbocycles. The number of ketones is 1. The van der Waals surface area contributed by atoms with Gasteiger partial charge in [0, 0.05) is 40.8 Å². The van der Waals surface area contributed by atoms with E-state index >= 15 is 0 Å². The van der Waals surface area contributed by atoms with Crippen molar-refractivity contribution in [2.45, 2.75) is 135 Å². The van der Waals surface area contributed by atoms with Crippen LogP contribution in [0.5, 0.6) is 0 Å². The zero-order valence-corrected chi connectivity index (χ0v) is 23.6. The average molecular weight is 489 g/mol. The van der Waals surface area contributed by atoms with E-state index < -0.39 is 0 Å². The van der Waals surface area contributed by atoms with Crippen molar-refractivity contribution in [3.63, 3.8) is 0 Å². The second-order valence-corrected chi connectivity index (χ2v) is 12.7. The van der Waals surface area contributed by atoms with Crippen molar-refractivity contribution >= 4 is 36.9 Å². The van der Waals surface area contributed by atoms with Crippen LogP contribution in [-0.4, -0.2) is 40.8 Å². The van der Waals surface area contributed by atoms with Crippen LogP contribution in [0, 0.1) is 5.41 Å². The molecular formula is C26H52N2O2S2. The van der Waals surface area contributed by atoms with E-state index in [0.29, 0.717) is 23.9 Å². The van der Waals surface area contributed by atoms with Crippen LogP contribution in [0.2, 0.25) is 0 Å². The van der Waals surface area contributed by atoms with Crippen LogP contribution >= 0.6 is 25.3 Å². The molecule has 0 saturated heterocycles. The molecule has 0 radical (unpaired) electrons. The van der Waals surface area contributed by atoms with Crippen LogP contribution in [0.3, 0.4) is 0 Å². The molecule has 0 bridgehead atoms. The highest BCUT2D eigenvalue weighted by Gasteiger charge is 2.21. The molecule has 0 aliphatic rings. The first-order valence-corrected chi connectivity index (χ1v) is 13.8. The highest BCUT2D eigenvalue weighted by molar-refractivity contribution is 7.81. The van der Waals surface area contributed by atoms with Gasteiger partial charge in [-0.15, -0.1) is 0 Å². The smallest absolute Gasteiger partial charge is 0.220 e. The van der Waals surface area contributed by atoms with Gasteiger partial charge < -0.3 is 10.6 Å². The molecule has 0 aromatic rings. The van der Waals surface area contributed by atoms with Gasteiger partial charge in [0.2, 0.25) is 5.91 Å². The molecule has 6 heteroatoms. The lowest BCUT2D eigenvalue weighted by atomic mass is 9.87. The Labute approximate surface area is 210 Å². The summed E-state index contributed by atoms with van der Waals surface area (Å²) in [6.45, 7) is 14.3. The predicted octanol–water partition coefficient (Wildman–Crippen LogP) is 6.38. The van der Waals surface area contributed by atoms with Crippen LogP contribution in [0.25, 0.3) is 0 Å². The largest absolute Gasteiger partial charge is 0.356 e. The Balaban J connectivity index is 3.60. The molecule has 32 heavy (non-hydrogen) atoms. The van der Waals surface area contributed by atoms with Crippen LogP contribution in [0.4, 0.5) is 0 Å². The number of carbonyl (C=O) groups excluding carboxylic acids is 2. The Morgan fingerprint density at radius 1 is 0.688 bits per heavy atom. The van der Waals surface area contributed by atoms with Gasteiger partial charge in [-0.1, -0.05) is 46.5 Å². The third-order valence-corrected chi connectivity index (χ3v) is 6.68. The van der Waals surface area contributed by atoms with Gasteiger partial charge in [-0.25, -0.2) is 0 Å². The predicted molar refractivity (Wildman–Crippen MR) is 146 cm³/mol. The van der Waals surface area contributed by atoms with Crippen molar-refractivity contribution in [3.05, 3.63) is 0 Å². The third kappa shape index (κ3) is 20.4. The van der Waals surface area contributed by atoms with Crippen molar-refractivity contribution in [1.82, 2.24) is 10.6 Å². The van der Waals surface area contributed by atoms with E-state index in [0.717, 1.165) is 64.5 Å². The first-order chi connectivity index (χ1) is 14.8. The molecule has 0 spiro atoms. The summed E-state index contributed by atoms with van der Waals surface area (Å²) in [6.07, 6.45) is 11.8. The molecule has 0 aromatic heterocycles. The van der Waals surface area contributed by atoms with Gasteiger partial charge >= 0.3 is 0 Å². The fraction of sp³-hybridized carbons (Fsp3) is 0.923. The number of carbonyl (C=O) groups is 2. The minimum Gasteiger partial charge on any atom is -0.356 e. The van der Waals surface area contributed by atoms with Crippen molar-refractivity contribution in [2.75, 3.05) is 13.1 Å². The second-order valence-electron chi connectivity index (χ2n) is 11.3. The molecule has 0 saturated carbocycles. The summed E-state index contributed by atoms with van der Waals surface area (Å²) in [5.74, 6) is 0.469. The van der Waals surface area contributed by atoms with Crippen LogP contribution < -0.4 is 10.6 Å². The number of hydrogen-bond donors (Lipinski definition) is 4. The van der Waals surface area contributed by atoms with Crippen LogP contribution in [0.15, 0.2) is 0 Å². The maximum Gasteiger partial charge on any atom is 0.220 e. The van der Waals surface area contributed by atoms with Gasteiger partial charge in [0.15, 0.2) is 0 Å². The molecule has 2 N–H and O–H groups in total. The van der Waals surface area contributed by atoms with E-state index in [1.807, 2.05) is 20.8 Å². The monoisotopic (exact) mass is 488 g/mol. The van der Waals surface area contributed by atoms with Gasteiger partial charge in [-0.2, -0.15) is 25.3 Å². The van der Waals surface area contributed by atoms with Crippen molar-refractivity contribution in [1.29, 1.82) is 0 Å². The summed E-state index contributed by atoms with van der Waals surface area (Å²) in [5.41, 5.74) is -0.0515. The van der Waals surface area contributed by atoms with E-state index in [2.05, 4.69) is 56.7 Å². The lowest BCUT2D eigenvalue weighted by molar-refractivity contribution is -0.126. The highest BCUT2D eigenvalue weighted by Crippen LogP contribution is 2.22. The van der Waals surface area contributed by atoms with Crippen LogP contribution in [-0.2, 0) is 9.59 Å². The Morgan fingerprint density at radius 3 is 1.69 bits per heavy atom. The molecular weight excluding hydrogens is 436 g/mol. The first-order valence-electron chi connectivity index (χ1n) is 12.7. The molecule has 0 fully saturated rings. The summed E-state index contributed by atoms with van der Waals surface area (Å²) < 4.78 is 0. The van der Waals surface area contributed by atoms with E-state index in [4.69, 9.17) is 0 Å². The zero-order valence-electron chi connectivity index (χ0n) is 21.8. The maximum atomic E-state index is 12.0. The second kappa shape index (κ2) is 17.3. The molecule has 190 valence electrons. The normalized spacial score (nSPS) is 14.2. The highest BCUT2D eigenvalue weighted by atomic mass is 32.1. The number of nitrogens with one attached hydrogen (secondary N) is 2.